The second-order valence-electron chi connectivity index (χ2n) is 11.8. The summed E-state index contributed by atoms with van der Waals surface area (Å²) in [6.07, 6.45) is 4.14. The van der Waals surface area contributed by atoms with Crippen molar-refractivity contribution in [1.82, 2.24) is 5.32 Å². The van der Waals surface area contributed by atoms with Gasteiger partial charge in [0.1, 0.15) is 6.10 Å². The van der Waals surface area contributed by atoms with E-state index in [0.29, 0.717) is 11.5 Å². The normalized spacial score (nSPS) is 21.5. The predicted molar refractivity (Wildman–Crippen MR) is 155 cm³/mol. The van der Waals surface area contributed by atoms with Gasteiger partial charge in [0.05, 0.1) is 0 Å². The maximum absolute atomic E-state index is 14.0. The first-order valence-electron chi connectivity index (χ1n) is 13.8. The van der Waals surface area contributed by atoms with Crippen molar-refractivity contribution in [2.24, 2.45) is 17.8 Å². The number of hydrogen-bond donors (Lipinski definition) is 1. The molecule has 1 fully saturated rings. The fraction of sp³-hybridized carbons (Fsp3) is 0.412. The van der Waals surface area contributed by atoms with Gasteiger partial charge in [-0.2, -0.15) is 0 Å². The Kier molecular flexibility index (Phi) is 8.10. The summed E-state index contributed by atoms with van der Waals surface area (Å²) < 4.78 is 6.40. The minimum Gasteiger partial charge on any atom is -0.460 e. The number of rotatable bonds is 8. The van der Waals surface area contributed by atoms with Crippen LogP contribution in [0.2, 0.25) is 0 Å². The average Bonchev–Trinajstić information content (AvgIpc) is 2.91. The number of amides is 1. The van der Waals surface area contributed by atoms with Gasteiger partial charge in [-0.15, -0.1) is 6.58 Å². The molecule has 3 aromatic carbocycles. The second kappa shape index (κ2) is 11.1. The average molecular weight is 512 g/mol. The van der Waals surface area contributed by atoms with Crippen molar-refractivity contribution >= 4 is 22.6 Å². The van der Waals surface area contributed by atoms with E-state index in [1.807, 2.05) is 19.9 Å². The van der Waals surface area contributed by atoms with Crippen LogP contribution in [0.3, 0.4) is 0 Å². The number of benzene rings is 3. The van der Waals surface area contributed by atoms with Gasteiger partial charge < -0.3 is 10.1 Å². The van der Waals surface area contributed by atoms with Crippen molar-refractivity contribution in [3.63, 3.8) is 0 Å². The standard InChI is InChI=1S/C34H41NO3/c1-7-34(23(2)3,35-31(36)26-14-9-8-10-15-26)32(37)38-30-21-24(4)17-20-29(30)33(5,6)28-19-18-25-13-11-12-16-27(25)22-28/h7-16,18-19,22-24,29-30H,1,17,20-21H2,2-6H3,(H,35,36)/t24-,29-,30-,34+/m1/s1. The van der Waals surface area contributed by atoms with Crippen LogP contribution in [0.15, 0.2) is 85.5 Å². The van der Waals surface area contributed by atoms with Gasteiger partial charge in [0.25, 0.3) is 5.91 Å². The Morgan fingerprint density at radius 3 is 2.29 bits per heavy atom. The molecule has 1 aliphatic carbocycles. The van der Waals surface area contributed by atoms with Crippen molar-refractivity contribution in [3.8, 4) is 0 Å². The van der Waals surface area contributed by atoms with Gasteiger partial charge in [-0.25, -0.2) is 4.79 Å². The molecule has 0 radical (unpaired) electrons. The molecule has 3 aromatic rings. The summed E-state index contributed by atoms with van der Waals surface area (Å²) in [6.45, 7) is 14.5. The largest absolute Gasteiger partial charge is 0.460 e. The lowest BCUT2D eigenvalue weighted by Gasteiger charge is -2.45. The zero-order chi connectivity index (χ0) is 27.5. The smallest absolute Gasteiger partial charge is 0.336 e. The van der Waals surface area contributed by atoms with Crippen LogP contribution in [-0.4, -0.2) is 23.5 Å². The van der Waals surface area contributed by atoms with E-state index in [9.17, 15) is 9.59 Å². The zero-order valence-corrected chi connectivity index (χ0v) is 23.4. The lowest BCUT2D eigenvalue weighted by atomic mass is 9.64. The van der Waals surface area contributed by atoms with E-state index in [1.165, 1.54) is 22.4 Å². The summed E-state index contributed by atoms with van der Waals surface area (Å²) in [5.41, 5.74) is 0.198. The van der Waals surface area contributed by atoms with Crippen molar-refractivity contribution in [3.05, 3.63) is 96.6 Å². The molecule has 0 aliphatic heterocycles. The highest BCUT2D eigenvalue weighted by atomic mass is 16.5. The van der Waals surface area contributed by atoms with Gasteiger partial charge in [0.2, 0.25) is 0 Å². The van der Waals surface area contributed by atoms with E-state index in [-0.39, 0.29) is 29.3 Å². The predicted octanol–water partition coefficient (Wildman–Crippen LogP) is 7.48. The maximum Gasteiger partial charge on any atom is 0.336 e. The van der Waals surface area contributed by atoms with E-state index >= 15 is 0 Å². The Morgan fingerprint density at radius 1 is 0.974 bits per heavy atom. The van der Waals surface area contributed by atoms with Gasteiger partial charge in [0.15, 0.2) is 5.54 Å². The van der Waals surface area contributed by atoms with Crippen LogP contribution in [-0.2, 0) is 14.9 Å². The quantitative estimate of drug-likeness (QED) is 0.252. The van der Waals surface area contributed by atoms with Crippen LogP contribution in [0.1, 0.15) is 69.8 Å². The molecule has 0 heterocycles. The molecule has 4 nitrogen and oxygen atoms in total. The van der Waals surface area contributed by atoms with Gasteiger partial charge >= 0.3 is 5.97 Å². The summed E-state index contributed by atoms with van der Waals surface area (Å²) in [7, 11) is 0. The first-order valence-corrected chi connectivity index (χ1v) is 13.8. The van der Waals surface area contributed by atoms with Crippen LogP contribution in [0.5, 0.6) is 0 Å². The molecule has 200 valence electrons. The first-order chi connectivity index (χ1) is 18.1. The summed E-state index contributed by atoms with van der Waals surface area (Å²) in [6, 6.07) is 24.0. The van der Waals surface area contributed by atoms with Crippen LogP contribution < -0.4 is 5.32 Å². The monoisotopic (exact) mass is 511 g/mol. The summed E-state index contributed by atoms with van der Waals surface area (Å²) in [4.78, 5) is 27.1. The molecule has 4 rings (SSSR count). The Hall–Kier alpha value is -3.40. The van der Waals surface area contributed by atoms with E-state index in [2.05, 4.69) is 75.1 Å². The molecule has 38 heavy (non-hydrogen) atoms. The fourth-order valence-electron chi connectivity index (χ4n) is 5.97. The number of hydrogen-bond acceptors (Lipinski definition) is 3. The molecule has 0 bridgehead atoms. The second-order valence-corrected chi connectivity index (χ2v) is 11.8. The van der Waals surface area contributed by atoms with Crippen LogP contribution in [0, 0.1) is 17.8 Å². The lowest BCUT2D eigenvalue weighted by Crippen LogP contribution is -2.59. The SMILES string of the molecule is C=C[C@@](NC(=O)c1ccccc1)(C(=O)O[C@@H]1C[C@H](C)CC[C@H]1C(C)(C)c1ccc2ccccc2c1)C(C)C. The number of nitrogens with one attached hydrogen (secondary N) is 1. The zero-order valence-electron chi connectivity index (χ0n) is 23.4. The molecule has 0 unspecified atom stereocenters. The van der Waals surface area contributed by atoms with Gasteiger partial charge in [-0.05, 0) is 58.6 Å². The number of carbonyl (C=O) groups is 2. The topological polar surface area (TPSA) is 55.4 Å². The maximum atomic E-state index is 14.0. The molecular weight excluding hydrogens is 470 g/mol. The van der Waals surface area contributed by atoms with E-state index < -0.39 is 11.5 Å². The minimum atomic E-state index is -1.33. The van der Waals surface area contributed by atoms with Crippen molar-refractivity contribution in [2.45, 2.75) is 70.9 Å². The van der Waals surface area contributed by atoms with Crippen LogP contribution >= 0.6 is 0 Å². The molecule has 0 aromatic heterocycles. The number of esters is 1. The van der Waals surface area contributed by atoms with Crippen molar-refractivity contribution in [1.29, 1.82) is 0 Å². The highest BCUT2D eigenvalue weighted by Crippen LogP contribution is 2.44. The lowest BCUT2D eigenvalue weighted by molar-refractivity contribution is -0.164. The minimum absolute atomic E-state index is 0.142. The Balaban J connectivity index is 1.63. The van der Waals surface area contributed by atoms with E-state index in [1.54, 1.807) is 24.3 Å². The van der Waals surface area contributed by atoms with Gasteiger partial charge in [-0.1, -0.05) is 108 Å². The van der Waals surface area contributed by atoms with E-state index in [4.69, 9.17) is 4.74 Å². The molecule has 1 amide bonds. The summed E-state index contributed by atoms with van der Waals surface area (Å²) >= 11 is 0. The molecule has 1 saturated carbocycles. The number of carbonyl (C=O) groups excluding carboxylic acids is 2. The summed E-state index contributed by atoms with van der Waals surface area (Å²) in [5, 5.41) is 5.40. The van der Waals surface area contributed by atoms with Crippen LogP contribution in [0.4, 0.5) is 0 Å². The molecule has 4 atom stereocenters. The third-order valence-electron chi connectivity index (χ3n) is 8.66. The highest BCUT2D eigenvalue weighted by molar-refractivity contribution is 5.99. The fourth-order valence-corrected chi connectivity index (χ4v) is 5.97. The van der Waals surface area contributed by atoms with Crippen LogP contribution in [0.25, 0.3) is 10.8 Å². The van der Waals surface area contributed by atoms with Gasteiger partial charge in [0, 0.05) is 11.5 Å². The molecule has 0 spiro atoms. The van der Waals surface area contributed by atoms with Gasteiger partial charge in [-0.3, -0.25) is 4.79 Å². The third-order valence-corrected chi connectivity index (χ3v) is 8.66. The summed E-state index contributed by atoms with van der Waals surface area (Å²) in [5.74, 6) is -0.407. The number of fused-ring (bicyclic) bond motifs is 1. The highest BCUT2D eigenvalue weighted by Gasteiger charge is 2.47. The molecular formula is C34H41NO3. The molecule has 0 saturated heterocycles. The Labute approximate surface area is 227 Å². The van der Waals surface area contributed by atoms with E-state index in [0.717, 1.165) is 19.3 Å². The van der Waals surface area contributed by atoms with Crippen molar-refractivity contribution in [2.75, 3.05) is 0 Å². The molecule has 4 heteroatoms. The van der Waals surface area contributed by atoms with Crippen molar-refractivity contribution < 1.29 is 14.3 Å². The number of ether oxygens (including phenoxy) is 1. The Bertz CT molecular complexity index is 1300. The molecule has 1 N–H and O–H groups in total. The molecule has 1 aliphatic rings. The third kappa shape index (κ3) is 5.41. The first kappa shape index (κ1) is 27.6. The Morgan fingerprint density at radius 2 is 1.63 bits per heavy atom.